The van der Waals surface area contributed by atoms with E-state index >= 15 is 0 Å². The van der Waals surface area contributed by atoms with E-state index in [9.17, 15) is 14.9 Å². The molecule has 0 aromatic heterocycles. The number of nitrogens with one attached hydrogen (secondary N) is 1. The molecule has 2 aromatic carbocycles. The van der Waals surface area contributed by atoms with Crippen molar-refractivity contribution in [1.82, 2.24) is 0 Å². The van der Waals surface area contributed by atoms with Crippen LogP contribution in [0, 0.1) is 10.1 Å². The van der Waals surface area contributed by atoms with E-state index in [0.29, 0.717) is 10.2 Å². The number of nitro groups is 1. The van der Waals surface area contributed by atoms with Gasteiger partial charge < -0.3 is 10.4 Å². The smallest absolute Gasteiger partial charge is 0.337 e. The molecule has 8 heteroatoms. The lowest BCUT2D eigenvalue weighted by Crippen LogP contribution is -2.01. The fraction of sp³-hybridized carbons (Fsp3) is 0. The fourth-order valence-electron chi connectivity index (χ4n) is 1.69. The van der Waals surface area contributed by atoms with Crippen molar-refractivity contribution in [1.29, 1.82) is 0 Å². The molecule has 0 bridgehead atoms. The van der Waals surface area contributed by atoms with Gasteiger partial charge in [-0.25, -0.2) is 4.79 Å². The van der Waals surface area contributed by atoms with Gasteiger partial charge in [0.1, 0.15) is 5.69 Å². The van der Waals surface area contributed by atoms with Gasteiger partial charge in [-0.05, 0) is 30.3 Å². The Labute approximate surface area is 132 Å². The van der Waals surface area contributed by atoms with Crippen LogP contribution in [-0.4, -0.2) is 16.0 Å². The van der Waals surface area contributed by atoms with Gasteiger partial charge in [-0.3, -0.25) is 10.1 Å². The molecule has 21 heavy (non-hydrogen) atoms. The molecular formula is C13H8BrClN2O4. The van der Waals surface area contributed by atoms with Gasteiger partial charge in [0.2, 0.25) is 0 Å². The van der Waals surface area contributed by atoms with E-state index in [0.717, 1.165) is 0 Å². The highest BCUT2D eigenvalue weighted by atomic mass is 79.9. The molecule has 108 valence electrons. The molecular weight excluding hydrogens is 364 g/mol. The normalized spacial score (nSPS) is 10.2. The lowest BCUT2D eigenvalue weighted by Gasteiger charge is -2.09. The van der Waals surface area contributed by atoms with Crippen LogP contribution in [0.3, 0.4) is 0 Å². The third kappa shape index (κ3) is 3.50. The predicted octanol–water partition coefficient (Wildman–Crippen LogP) is 4.45. The van der Waals surface area contributed by atoms with Crippen LogP contribution in [0.15, 0.2) is 40.9 Å². The summed E-state index contributed by atoms with van der Waals surface area (Å²) in [4.78, 5) is 21.5. The van der Waals surface area contributed by atoms with Gasteiger partial charge in [-0.2, -0.15) is 0 Å². The second kappa shape index (κ2) is 6.11. The zero-order valence-corrected chi connectivity index (χ0v) is 12.7. The second-order valence-corrected chi connectivity index (χ2v) is 5.37. The Morgan fingerprint density at radius 3 is 2.62 bits per heavy atom. The van der Waals surface area contributed by atoms with E-state index in [4.69, 9.17) is 16.7 Å². The van der Waals surface area contributed by atoms with Crippen LogP contribution in [-0.2, 0) is 0 Å². The predicted molar refractivity (Wildman–Crippen MR) is 82.5 cm³/mol. The Morgan fingerprint density at radius 2 is 2.00 bits per heavy atom. The highest BCUT2D eigenvalue weighted by molar-refractivity contribution is 9.10. The minimum Gasteiger partial charge on any atom is -0.478 e. The highest BCUT2D eigenvalue weighted by Gasteiger charge is 2.15. The summed E-state index contributed by atoms with van der Waals surface area (Å²) in [6.07, 6.45) is 0. The highest BCUT2D eigenvalue weighted by Crippen LogP contribution is 2.31. The summed E-state index contributed by atoms with van der Waals surface area (Å²) >= 11 is 9.01. The molecule has 0 fully saturated rings. The van der Waals surface area contributed by atoms with E-state index in [1.807, 2.05) is 0 Å². The number of rotatable bonds is 4. The number of hydrogen-bond acceptors (Lipinski definition) is 4. The Morgan fingerprint density at radius 1 is 1.29 bits per heavy atom. The average molecular weight is 372 g/mol. The molecule has 0 aliphatic heterocycles. The molecule has 0 heterocycles. The molecule has 0 saturated carbocycles. The number of benzene rings is 2. The van der Waals surface area contributed by atoms with Crippen LogP contribution >= 0.6 is 27.5 Å². The zero-order chi connectivity index (χ0) is 15.6. The minimum atomic E-state index is -1.17. The van der Waals surface area contributed by atoms with Crippen molar-refractivity contribution >= 4 is 50.6 Å². The molecule has 0 aliphatic carbocycles. The standard InChI is InChI=1S/C13H8BrClN2O4/c14-7-1-4-12(17(20)21)11(5-7)16-8-2-3-10(15)9(6-8)13(18)19/h1-6,16H,(H,18,19). The lowest BCUT2D eigenvalue weighted by atomic mass is 10.2. The molecule has 0 aliphatic rings. The first-order chi connectivity index (χ1) is 9.88. The van der Waals surface area contributed by atoms with Crippen molar-refractivity contribution in [2.45, 2.75) is 0 Å². The van der Waals surface area contributed by atoms with Gasteiger partial charge in [-0.1, -0.05) is 27.5 Å². The van der Waals surface area contributed by atoms with Crippen LogP contribution in [0.4, 0.5) is 17.1 Å². The van der Waals surface area contributed by atoms with Crippen molar-refractivity contribution in [2.24, 2.45) is 0 Å². The maximum atomic E-state index is 11.0. The monoisotopic (exact) mass is 370 g/mol. The van der Waals surface area contributed by atoms with E-state index in [2.05, 4.69) is 21.2 Å². The van der Waals surface area contributed by atoms with Gasteiger partial charge in [0.25, 0.3) is 5.69 Å². The maximum Gasteiger partial charge on any atom is 0.337 e. The summed E-state index contributed by atoms with van der Waals surface area (Å²) in [6.45, 7) is 0. The summed E-state index contributed by atoms with van der Waals surface area (Å²) in [6, 6.07) is 8.70. The van der Waals surface area contributed by atoms with Gasteiger partial charge in [0.05, 0.1) is 15.5 Å². The number of carboxylic acids is 1. The van der Waals surface area contributed by atoms with Crippen molar-refractivity contribution in [3.8, 4) is 0 Å². The quantitative estimate of drug-likeness (QED) is 0.612. The number of nitro benzene ring substituents is 1. The van der Waals surface area contributed by atoms with Gasteiger partial charge in [-0.15, -0.1) is 0 Å². The third-order valence-electron chi connectivity index (χ3n) is 2.63. The molecule has 0 saturated heterocycles. The minimum absolute atomic E-state index is 0.0840. The molecule has 6 nitrogen and oxygen atoms in total. The van der Waals surface area contributed by atoms with Gasteiger partial charge in [0.15, 0.2) is 0 Å². The maximum absolute atomic E-state index is 11.0. The van der Waals surface area contributed by atoms with Gasteiger partial charge in [0, 0.05) is 16.2 Å². The number of halogens is 2. The zero-order valence-electron chi connectivity index (χ0n) is 10.3. The van der Waals surface area contributed by atoms with E-state index in [1.165, 1.54) is 24.3 Å². The van der Waals surface area contributed by atoms with E-state index in [1.54, 1.807) is 12.1 Å². The summed E-state index contributed by atoms with van der Waals surface area (Å²) in [5, 5.41) is 22.9. The van der Waals surface area contributed by atoms with Crippen molar-refractivity contribution < 1.29 is 14.8 Å². The van der Waals surface area contributed by atoms with E-state index < -0.39 is 10.9 Å². The average Bonchev–Trinajstić information content (AvgIpc) is 2.40. The fourth-order valence-corrected chi connectivity index (χ4v) is 2.25. The van der Waals surface area contributed by atoms with Crippen LogP contribution in [0.25, 0.3) is 0 Å². The van der Waals surface area contributed by atoms with Crippen molar-refractivity contribution in [3.63, 3.8) is 0 Å². The largest absolute Gasteiger partial charge is 0.478 e. The van der Waals surface area contributed by atoms with E-state index in [-0.39, 0.29) is 22.0 Å². The van der Waals surface area contributed by atoms with Crippen LogP contribution in [0.2, 0.25) is 5.02 Å². The third-order valence-corrected chi connectivity index (χ3v) is 3.45. The number of carbonyl (C=O) groups is 1. The Kier molecular flexibility index (Phi) is 4.44. The Bertz CT molecular complexity index is 736. The van der Waals surface area contributed by atoms with Crippen molar-refractivity contribution in [2.75, 3.05) is 5.32 Å². The number of aromatic carboxylic acids is 1. The summed E-state index contributed by atoms with van der Waals surface area (Å²) < 4.78 is 0.656. The molecule has 0 spiro atoms. The summed E-state index contributed by atoms with van der Waals surface area (Å²) in [7, 11) is 0. The topological polar surface area (TPSA) is 92.5 Å². The first kappa shape index (κ1) is 15.3. The number of nitrogens with zero attached hydrogens (tertiary/aromatic N) is 1. The van der Waals surface area contributed by atoms with Crippen LogP contribution < -0.4 is 5.32 Å². The number of anilines is 2. The molecule has 2 rings (SSSR count). The van der Waals surface area contributed by atoms with Crippen molar-refractivity contribution in [3.05, 3.63) is 61.6 Å². The second-order valence-electron chi connectivity index (χ2n) is 4.04. The molecule has 0 amide bonds. The lowest BCUT2D eigenvalue weighted by molar-refractivity contribution is -0.383. The molecule has 0 atom stereocenters. The summed E-state index contributed by atoms with van der Waals surface area (Å²) in [5.41, 5.74) is 0.426. The SMILES string of the molecule is O=C(O)c1cc(Nc2cc(Br)ccc2[N+](=O)[O-])ccc1Cl. The molecule has 0 radical (unpaired) electrons. The Hall–Kier alpha value is -2.12. The Balaban J connectivity index is 2.43. The first-order valence-electron chi connectivity index (χ1n) is 5.62. The molecule has 0 unspecified atom stereocenters. The number of hydrogen-bond donors (Lipinski definition) is 2. The molecule has 2 N–H and O–H groups in total. The van der Waals surface area contributed by atoms with Crippen LogP contribution in [0.5, 0.6) is 0 Å². The van der Waals surface area contributed by atoms with Gasteiger partial charge >= 0.3 is 5.97 Å². The number of carboxylic acid groups (broad SMARTS) is 1. The molecule has 2 aromatic rings. The summed E-state index contributed by atoms with van der Waals surface area (Å²) in [5.74, 6) is -1.17. The van der Waals surface area contributed by atoms with Crippen LogP contribution in [0.1, 0.15) is 10.4 Å². The first-order valence-corrected chi connectivity index (χ1v) is 6.79.